The Labute approximate surface area is 90.9 Å². The predicted octanol–water partition coefficient (Wildman–Crippen LogP) is 3.28. The first kappa shape index (κ1) is 11.8. The molecule has 2 heteroatoms. The Morgan fingerprint density at radius 2 is 2.00 bits per heavy atom. The van der Waals surface area contributed by atoms with Gasteiger partial charge in [-0.3, -0.25) is 4.79 Å². The molecule has 0 aliphatic heterocycles. The van der Waals surface area contributed by atoms with Gasteiger partial charge in [0.25, 0.3) is 0 Å². The zero-order valence-corrected chi connectivity index (χ0v) is 9.79. The normalized spacial score (nSPS) is 10.7. The van der Waals surface area contributed by atoms with Gasteiger partial charge in [-0.05, 0) is 42.5 Å². The lowest BCUT2D eigenvalue weighted by Crippen LogP contribution is -2.01. The molecule has 2 nitrogen and oxygen atoms in total. The van der Waals surface area contributed by atoms with E-state index in [1.807, 2.05) is 13.0 Å². The second kappa shape index (κ2) is 4.47. The van der Waals surface area contributed by atoms with E-state index < -0.39 is 0 Å². The van der Waals surface area contributed by atoms with E-state index in [0.29, 0.717) is 11.5 Å². The minimum atomic E-state index is -0.0861. The third-order valence-electron chi connectivity index (χ3n) is 2.64. The van der Waals surface area contributed by atoms with Gasteiger partial charge in [-0.1, -0.05) is 20.8 Å². The SMILES string of the molecule is CCc1cc(O)c(C(C)=O)cc1C(C)C. The summed E-state index contributed by atoms with van der Waals surface area (Å²) in [5, 5.41) is 9.68. The van der Waals surface area contributed by atoms with Gasteiger partial charge in [0.15, 0.2) is 5.78 Å². The second-order valence-electron chi connectivity index (χ2n) is 4.13. The highest BCUT2D eigenvalue weighted by Crippen LogP contribution is 2.28. The highest BCUT2D eigenvalue weighted by molar-refractivity contribution is 5.97. The predicted molar refractivity (Wildman–Crippen MR) is 61.6 cm³/mol. The van der Waals surface area contributed by atoms with Crippen molar-refractivity contribution in [2.45, 2.75) is 40.0 Å². The lowest BCUT2D eigenvalue weighted by molar-refractivity contribution is 0.101. The third-order valence-corrected chi connectivity index (χ3v) is 2.64. The maximum Gasteiger partial charge on any atom is 0.163 e. The molecule has 0 saturated carbocycles. The first-order valence-corrected chi connectivity index (χ1v) is 5.34. The van der Waals surface area contributed by atoms with E-state index >= 15 is 0 Å². The van der Waals surface area contributed by atoms with Crippen molar-refractivity contribution in [2.24, 2.45) is 0 Å². The number of aromatic hydroxyl groups is 1. The van der Waals surface area contributed by atoms with Crippen LogP contribution < -0.4 is 0 Å². The standard InChI is InChI=1S/C13H18O2/c1-5-10-6-13(15)12(9(4)14)7-11(10)8(2)3/h6-8,15H,5H2,1-4H3. The van der Waals surface area contributed by atoms with E-state index in [9.17, 15) is 9.90 Å². The molecule has 0 unspecified atom stereocenters. The first-order chi connectivity index (χ1) is 6.97. The number of rotatable bonds is 3. The molecule has 0 bridgehead atoms. The average Bonchev–Trinajstić information content (AvgIpc) is 2.16. The largest absolute Gasteiger partial charge is 0.507 e. The summed E-state index contributed by atoms with van der Waals surface area (Å²) in [7, 11) is 0. The average molecular weight is 206 g/mol. The smallest absolute Gasteiger partial charge is 0.163 e. The molecule has 0 amide bonds. The van der Waals surface area contributed by atoms with Crippen molar-refractivity contribution < 1.29 is 9.90 Å². The molecule has 0 atom stereocenters. The quantitative estimate of drug-likeness (QED) is 0.770. The van der Waals surface area contributed by atoms with Crippen molar-refractivity contribution in [3.63, 3.8) is 0 Å². The molecule has 0 aromatic heterocycles. The maximum absolute atomic E-state index is 11.3. The second-order valence-corrected chi connectivity index (χ2v) is 4.13. The van der Waals surface area contributed by atoms with Gasteiger partial charge in [0.05, 0.1) is 5.56 Å². The Bertz CT molecular complexity index is 378. The van der Waals surface area contributed by atoms with Crippen LogP contribution in [0.4, 0.5) is 0 Å². The van der Waals surface area contributed by atoms with Gasteiger partial charge in [-0.2, -0.15) is 0 Å². The molecule has 0 heterocycles. The van der Waals surface area contributed by atoms with E-state index in [-0.39, 0.29) is 11.5 Å². The van der Waals surface area contributed by atoms with Gasteiger partial charge in [0, 0.05) is 0 Å². The summed E-state index contributed by atoms with van der Waals surface area (Å²) in [6, 6.07) is 3.53. The Kier molecular flexibility index (Phi) is 3.51. The number of phenols is 1. The number of carbonyl (C=O) groups is 1. The highest BCUT2D eigenvalue weighted by Gasteiger charge is 2.13. The number of benzene rings is 1. The molecule has 1 aromatic carbocycles. The topological polar surface area (TPSA) is 37.3 Å². The van der Waals surface area contributed by atoms with Crippen molar-refractivity contribution in [3.8, 4) is 5.75 Å². The Hall–Kier alpha value is -1.31. The fourth-order valence-electron chi connectivity index (χ4n) is 1.77. The lowest BCUT2D eigenvalue weighted by Gasteiger charge is -2.14. The molecule has 0 radical (unpaired) electrons. The lowest BCUT2D eigenvalue weighted by atomic mass is 9.92. The Balaban J connectivity index is 3.37. The van der Waals surface area contributed by atoms with Crippen molar-refractivity contribution in [3.05, 3.63) is 28.8 Å². The van der Waals surface area contributed by atoms with Crippen LogP contribution in [0.2, 0.25) is 0 Å². The van der Waals surface area contributed by atoms with Gasteiger partial charge in [-0.15, -0.1) is 0 Å². The fourth-order valence-corrected chi connectivity index (χ4v) is 1.77. The summed E-state index contributed by atoms with van der Waals surface area (Å²) in [5.41, 5.74) is 2.70. The molecule has 1 N–H and O–H groups in total. The molecular weight excluding hydrogens is 188 g/mol. The minimum absolute atomic E-state index is 0.0861. The number of carbonyl (C=O) groups excluding carboxylic acids is 1. The highest BCUT2D eigenvalue weighted by atomic mass is 16.3. The van der Waals surface area contributed by atoms with Gasteiger partial charge < -0.3 is 5.11 Å². The summed E-state index contributed by atoms with van der Waals surface area (Å²) in [5.74, 6) is 0.388. The van der Waals surface area contributed by atoms with E-state index in [2.05, 4.69) is 13.8 Å². The summed E-state index contributed by atoms with van der Waals surface area (Å²) < 4.78 is 0. The summed E-state index contributed by atoms with van der Waals surface area (Å²) in [6.07, 6.45) is 0.874. The number of phenolic OH excluding ortho intramolecular Hbond substituents is 1. The van der Waals surface area contributed by atoms with E-state index in [1.54, 1.807) is 6.07 Å². The van der Waals surface area contributed by atoms with Crippen LogP contribution >= 0.6 is 0 Å². The fraction of sp³-hybridized carbons (Fsp3) is 0.462. The van der Waals surface area contributed by atoms with Gasteiger partial charge >= 0.3 is 0 Å². The van der Waals surface area contributed by atoms with Crippen LogP contribution in [0.5, 0.6) is 5.75 Å². The van der Waals surface area contributed by atoms with Crippen molar-refractivity contribution in [1.82, 2.24) is 0 Å². The van der Waals surface area contributed by atoms with Crippen molar-refractivity contribution >= 4 is 5.78 Å². The molecule has 0 aliphatic carbocycles. The van der Waals surface area contributed by atoms with Crippen LogP contribution in [0.1, 0.15) is 55.1 Å². The number of Topliss-reactive ketones (excluding diaryl/α,β-unsaturated/α-hetero) is 1. The zero-order valence-electron chi connectivity index (χ0n) is 9.79. The summed E-state index contributed by atoms with van der Waals surface area (Å²) in [6.45, 7) is 7.71. The molecule has 0 fully saturated rings. The first-order valence-electron chi connectivity index (χ1n) is 5.34. The molecule has 1 rings (SSSR count). The molecule has 82 valence electrons. The third kappa shape index (κ3) is 2.38. The van der Waals surface area contributed by atoms with Crippen LogP contribution in [-0.2, 0) is 6.42 Å². The number of hydrogen-bond acceptors (Lipinski definition) is 2. The molecule has 15 heavy (non-hydrogen) atoms. The monoisotopic (exact) mass is 206 g/mol. The number of ketones is 1. The minimum Gasteiger partial charge on any atom is -0.507 e. The maximum atomic E-state index is 11.3. The van der Waals surface area contributed by atoms with E-state index in [4.69, 9.17) is 0 Å². The van der Waals surface area contributed by atoms with Crippen LogP contribution in [-0.4, -0.2) is 10.9 Å². The molecule has 1 aromatic rings. The van der Waals surface area contributed by atoms with Crippen LogP contribution in [0.25, 0.3) is 0 Å². The number of hydrogen-bond donors (Lipinski definition) is 1. The van der Waals surface area contributed by atoms with Crippen LogP contribution in [0.3, 0.4) is 0 Å². The Morgan fingerprint density at radius 1 is 1.40 bits per heavy atom. The van der Waals surface area contributed by atoms with Gasteiger partial charge in [0.2, 0.25) is 0 Å². The molecule has 0 saturated heterocycles. The summed E-state index contributed by atoms with van der Waals surface area (Å²) >= 11 is 0. The van der Waals surface area contributed by atoms with E-state index in [0.717, 1.165) is 17.5 Å². The summed E-state index contributed by atoms with van der Waals surface area (Å²) in [4.78, 5) is 11.3. The molecular formula is C13H18O2. The van der Waals surface area contributed by atoms with Crippen LogP contribution in [0.15, 0.2) is 12.1 Å². The Morgan fingerprint density at radius 3 is 2.40 bits per heavy atom. The number of aryl methyl sites for hydroxylation is 1. The van der Waals surface area contributed by atoms with Gasteiger partial charge in [0.1, 0.15) is 5.75 Å². The van der Waals surface area contributed by atoms with Crippen molar-refractivity contribution in [2.75, 3.05) is 0 Å². The van der Waals surface area contributed by atoms with Gasteiger partial charge in [-0.25, -0.2) is 0 Å². The van der Waals surface area contributed by atoms with Crippen molar-refractivity contribution in [1.29, 1.82) is 0 Å². The van der Waals surface area contributed by atoms with E-state index in [1.165, 1.54) is 6.92 Å². The molecule has 0 aliphatic rings. The molecule has 0 spiro atoms. The van der Waals surface area contributed by atoms with Crippen LogP contribution in [0, 0.1) is 0 Å². The zero-order chi connectivity index (χ0) is 11.6.